The molecule has 0 aromatic heterocycles. The van der Waals surface area contributed by atoms with Crippen LogP contribution in [0.5, 0.6) is 0 Å². The lowest BCUT2D eigenvalue weighted by molar-refractivity contribution is -0.155. The van der Waals surface area contributed by atoms with Gasteiger partial charge in [-0.15, -0.1) is 11.6 Å². The Morgan fingerprint density at radius 1 is 1.36 bits per heavy atom. The fourth-order valence-corrected chi connectivity index (χ4v) is 1.54. The number of hydrogen-bond donors (Lipinski definition) is 0. The van der Waals surface area contributed by atoms with Crippen LogP contribution in [0, 0.1) is 0 Å². The maximum absolute atomic E-state index is 5.55. The van der Waals surface area contributed by atoms with Crippen LogP contribution in [-0.2, 0) is 9.47 Å². The minimum atomic E-state index is 0.0291. The number of hydrogen-bond acceptors (Lipinski definition) is 2. The Labute approximate surface area is 91.2 Å². The smallest absolute Gasteiger partial charge is 0.157 e. The van der Waals surface area contributed by atoms with Gasteiger partial charge in [-0.25, -0.2) is 0 Å². The third-order valence-electron chi connectivity index (χ3n) is 2.19. The summed E-state index contributed by atoms with van der Waals surface area (Å²) in [5.41, 5.74) is 0. The van der Waals surface area contributed by atoms with E-state index in [2.05, 4.69) is 6.08 Å². The fourth-order valence-electron chi connectivity index (χ4n) is 1.39. The second-order valence-corrected chi connectivity index (χ2v) is 3.81. The van der Waals surface area contributed by atoms with E-state index in [1.165, 1.54) is 12.8 Å². The Bertz CT molecular complexity index is 153. The summed E-state index contributed by atoms with van der Waals surface area (Å²) < 4.78 is 10.9. The largest absolute Gasteiger partial charge is 0.353 e. The number of unbranched alkanes of at least 4 members (excludes halogenated alkanes) is 1. The zero-order chi connectivity index (χ0) is 10.1. The van der Waals surface area contributed by atoms with Crippen molar-refractivity contribution >= 4 is 11.6 Å². The van der Waals surface area contributed by atoms with E-state index in [0.29, 0.717) is 6.61 Å². The molecular formula is C11H19ClO2. The van der Waals surface area contributed by atoms with Crippen LogP contribution in [0.25, 0.3) is 0 Å². The van der Waals surface area contributed by atoms with Crippen LogP contribution in [0.15, 0.2) is 12.2 Å². The topological polar surface area (TPSA) is 18.5 Å². The van der Waals surface area contributed by atoms with Crippen molar-refractivity contribution in [3.05, 3.63) is 12.2 Å². The number of rotatable bonds is 6. The van der Waals surface area contributed by atoms with Gasteiger partial charge in [-0.2, -0.15) is 0 Å². The summed E-state index contributed by atoms with van der Waals surface area (Å²) in [6, 6.07) is 0. The first-order chi connectivity index (χ1) is 6.93. The van der Waals surface area contributed by atoms with E-state index in [9.17, 15) is 0 Å². The summed E-state index contributed by atoms with van der Waals surface area (Å²) in [6.07, 6.45) is 9.70. The summed E-state index contributed by atoms with van der Waals surface area (Å²) >= 11 is 5.55. The molecule has 0 spiro atoms. The molecule has 1 fully saturated rings. The van der Waals surface area contributed by atoms with Crippen molar-refractivity contribution in [3.63, 3.8) is 0 Å². The maximum Gasteiger partial charge on any atom is 0.157 e. The molecule has 1 atom stereocenters. The van der Waals surface area contributed by atoms with Crippen molar-refractivity contribution in [2.75, 3.05) is 19.1 Å². The highest BCUT2D eigenvalue weighted by molar-refractivity contribution is 6.17. The Hall–Kier alpha value is -0.0500. The van der Waals surface area contributed by atoms with Gasteiger partial charge in [0.05, 0.1) is 6.61 Å². The predicted octanol–water partition coefficient (Wildman–Crippen LogP) is 3.10. The molecule has 1 aliphatic heterocycles. The summed E-state index contributed by atoms with van der Waals surface area (Å²) in [7, 11) is 0. The number of allylic oxidation sites excluding steroid dienone is 1. The molecule has 1 rings (SSSR count). The first kappa shape index (κ1) is 12.0. The highest BCUT2D eigenvalue weighted by Gasteiger charge is 2.12. The van der Waals surface area contributed by atoms with Crippen LogP contribution in [0.3, 0.4) is 0 Å². The van der Waals surface area contributed by atoms with E-state index in [1.807, 2.05) is 6.08 Å². The molecule has 0 amide bonds. The highest BCUT2D eigenvalue weighted by atomic mass is 35.5. The van der Waals surface area contributed by atoms with Crippen molar-refractivity contribution < 1.29 is 9.47 Å². The van der Waals surface area contributed by atoms with Gasteiger partial charge < -0.3 is 9.47 Å². The SMILES string of the molecule is ClCCCC=CCOC1CCCCO1. The normalized spacial score (nSPS) is 23.1. The van der Waals surface area contributed by atoms with Crippen molar-refractivity contribution in [1.82, 2.24) is 0 Å². The quantitative estimate of drug-likeness (QED) is 0.388. The monoisotopic (exact) mass is 218 g/mol. The molecule has 0 radical (unpaired) electrons. The number of halogens is 1. The molecule has 1 heterocycles. The van der Waals surface area contributed by atoms with Crippen LogP contribution in [-0.4, -0.2) is 25.4 Å². The Morgan fingerprint density at radius 3 is 3.00 bits per heavy atom. The van der Waals surface area contributed by atoms with Crippen LogP contribution in [0.1, 0.15) is 32.1 Å². The molecule has 1 saturated heterocycles. The van der Waals surface area contributed by atoms with Gasteiger partial charge >= 0.3 is 0 Å². The van der Waals surface area contributed by atoms with Crippen molar-refractivity contribution in [1.29, 1.82) is 0 Å². The van der Waals surface area contributed by atoms with E-state index in [1.54, 1.807) is 0 Å². The lowest BCUT2D eigenvalue weighted by Crippen LogP contribution is -2.22. The highest BCUT2D eigenvalue weighted by Crippen LogP contribution is 2.13. The average molecular weight is 219 g/mol. The predicted molar refractivity (Wildman–Crippen MR) is 58.6 cm³/mol. The van der Waals surface area contributed by atoms with Crippen molar-refractivity contribution in [2.45, 2.75) is 38.4 Å². The standard InChI is InChI=1S/C11H19ClO2/c12-8-4-1-2-5-9-13-11-7-3-6-10-14-11/h2,5,11H,1,3-4,6-10H2. The molecule has 0 aliphatic carbocycles. The van der Waals surface area contributed by atoms with Gasteiger partial charge in [-0.1, -0.05) is 12.2 Å². The molecule has 1 unspecified atom stereocenters. The lowest BCUT2D eigenvalue weighted by Gasteiger charge is -2.21. The maximum atomic E-state index is 5.55. The zero-order valence-electron chi connectivity index (χ0n) is 8.58. The van der Waals surface area contributed by atoms with Gasteiger partial charge in [0.2, 0.25) is 0 Å². The van der Waals surface area contributed by atoms with E-state index in [-0.39, 0.29) is 6.29 Å². The van der Waals surface area contributed by atoms with Crippen LogP contribution in [0.4, 0.5) is 0 Å². The molecule has 2 nitrogen and oxygen atoms in total. The molecule has 0 aromatic carbocycles. The Balaban J connectivity index is 1.94. The lowest BCUT2D eigenvalue weighted by atomic mass is 10.2. The third kappa shape index (κ3) is 5.63. The minimum Gasteiger partial charge on any atom is -0.353 e. The first-order valence-corrected chi connectivity index (χ1v) is 5.91. The van der Waals surface area contributed by atoms with Crippen LogP contribution >= 0.6 is 11.6 Å². The Kier molecular flexibility index (Phi) is 7.10. The molecule has 0 N–H and O–H groups in total. The van der Waals surface area contributed by atoms with Gasteiger partial charge in [0.1, 0.15) is 0 Å². The average Bonchev–Trinajstić information content (AvgIpc) is 2.25. The minimum absolute atomic E-state index is 0.0291. The molecule has 0 aromatic rings. The first-order valence-electron chi connectivity index (χ1n) is 5.37. The molecular weight excluding hydrogens is 200 g/mol. The molecule has 14 heavy (non-hydrogen) atoms. The summed E-state index contributed by atoms with van der Waals surface area (Å²) in [5.74, 6) is 0.733. The fraction of sp³-hybridized carbons (Fsp3) is 0.818. The molecule has 82 valence electrons. The zero-order valence-corrected chi connectivity index (χ0v) is 9.34. The second-order valence-electron chi connectivity index (χ2n) is 3.43. The summed E-state index contributed by atoms with van der Waals surface area (Å²) in [4.78, 5) is 0. The number of alkyl halides is 1. The van der Waals surface area contributed by atoms with E-state index in [4.69, 9.17) is 21.1 Å². The van der Waals surface area contributed by atoms with Crippen LogP contribution in [0.2, 0.25) is 0 Å². The molecule has 3 heteroatoms. The van der Waals surface area contributed by atoms with Gasteiger partial charge in [0.15, 0.2) is 6.29 Å². The summed E-state index contributed by atoms with van der Waals surface area (Å²) in [6.45, 7) is 1.51. The molecule has 0 bridgehead atoms. The molecule has 0 saturated carbocycles. The van der Waals surface area contributed by atoms with E-state index >= 15 is 0 Å². The van der Waals surface area contributed by atoms with E-state index < -0.39 is 0 Å². The second kappa shape index (κ2) is 8.27. The third-order valence-corrected chi connectivity index (χ3v) is 2.45. The Morgan fingerprint density at radius 2 is 2.29 bits per heavy atom. The van der Waals surface area contributed by atoms with Gasteiger partial charge in [-0.05, 0) is 32.1 Å². The molecule has 1 aliphatic rings. The van der Waals surface area contributed by atoms with Crippen molar-refractivity contribution in [2.24, 2.45) is 0 Å². The van der Waals surface area contributed by atoms with Crippen molar-refractivity contribution in [3.8, 4) is 0 Å². The van der Waals surface area contributed by atoms with Gasteiger partial charge in [0.25, 0.3) is 0 Å². The van der Waals surface area contributed by atoms with Crippen LogP contribution < -0.4 is 0 Å². The summed E-state index contributed by atoms with van der Waals surface area (Å²) in [5, 5.41) is 0. The number of ether oxygens (including phenoxy) is 2. The van der Waals surface area contributed by atoms with Gasteiger partial charge in [0, 0.05) is 12.5 Å². The van der Waals surface area contributed by atoms with Gasteiger partial charge in [-0.3, -0.25) is 0 Å². The van der Waals surface area contributed by atoms with E-state index in [0.717, 1.165) is 31.7 Å².